The summed E-state index contributed by atoms with van der Waals surface area (Å²) >= 11 is 12.2. The molecule has 0 radical (unpaired) electrons. The number of hydrogen-bond donors (Lipinski definition) is 2. The van der Waals surface area contributed by atoms with Gasteiger partial charge in [0.1, 0.15) is 17.8 Å². The number of carbonyl (C=O) groups is 1. The SMILES string of the molecule is CC(C)(N)C(=O)N1CCN2C(Nc3ccc(Cl)c(Cl)c3)=CN(c3ccc(F)cc3)C2C1. The molecule has 1 amide bonds. The predicted octanol–water partition coefficient (Wildman–Crippen LogP) is 4.07. The molecule has 0 aliphatic carbocycles. The van der Waals surface area contributed by atoms with Crippen molar-refractivity contribution in [2.24, 2.45) is 5.73 Å². The molecule has 9 heteroatoms. The maximum absolute atomic E-state index is 13.5. The molecule has 1 atom stereocenters. The molecule has 3 N–H and O–H groups in total. The van der Waals surface area contributed by atoms with Crippen molar-refractivity contribution in [3.63, 3.8) is 0 Å². The lowest BCUT2D eigenvalue weighted by molar-refractivity contribution is -0.138. The van der Waals surface area contributed by atoms with Gasteiger partial charge in [0.05, 0.1) is 22.1 Å². The van der Waals surface area contributed by atoms with Gasteiger partial charge in [-0.15, -0.1) is 0 Å². The van der Waals surface area contributed by atoms with E-state index < -0.39 is 5.54 Å². The summed E-state index contributed by atoms with van der Waals surface area (Å²) < 4.78 is 13.5. The summed E-state index contributed by atoms with van der Waals surface area (Å²) in [5.41, 5.74) is 6.72. The number of rotatable bonds is 4. The Morgan fingerprint density at radius 3 is 2.48 bits per heavy atom. The second-order valence-corrected chi connectivity index (χ2v) is 9.11. The lowest BCUT2D eigenvalue weighted by Crippen LogP contribution is -2.61. The number of amides is 1. The van der Waals surface area contributed by atoms with Gasteiger partial charge >= 0.3 is 0 Å². The number of nitrogens with two attached hydrogens (primary N) is 1. The fourth-order valence-corrected chi connectivity index (χ4v) is 4.15. The molecule has 1 saturated heterocycles. The van der Waals surface area contributed by atoms with Crippen molar-refractivity contribution in [1.29, 1.82) is 0 Å². The summed E-state index contributed by atoms with van der Waals surface area (Å²) in [6, 6.07) is 11.6. The van der Waals surface area contributed by atoms with Crippen LogP contribution in [0, 0.1) is 5.82 Å². The minimum absolute atomic E-state index is 0.0999. The number of halogens is 3. The number of benzene rings is 2. The molecule has 1 fully saturated rings. The topological polar surface area (TPSA) is 64.8 Å². The Bertz CT molecular complexity index is 1020. The van der Waals surface area contributed by atoms with Gasteiger partial charge in [-0.3, -0.25) is 4.79 Å². The summed E-state index contributed by atoms with van der Waals surface area (Å²) in [6.07, 6.45) is 1.80. The summed E-state index contributed by atoms with van der Waals surface area (Å²) in [5.74, 6) is 0.451. The number of nitrogens with one attached hydrogen (secondary N) is 1. The maximum Gasteiger partial charge on any atom is 0.242 e. The van der Waals surface area contributed by atoms with Crippen LogP contribution in [0.15, 0.2) is 54.5 Å². The first kappa shape index (κ1) is 21.7. The highest BCUT2D eigenvalue weighted by molar-refractivity contribution is 6.42. The van der Waals surface area contributed by atoms with Crippen LogP contribution in [0.5, 0.6) is 0 Å². The van der Waals surface area contributed by atoms with Gasteiger partial charge in [-0.05, 0) is 56.3 Å². The van der Waals surface area contributed by atoms with Crippen LogP contribution in [0.1, 0.15) is 13.8 Å². The Kier molecular flexibility index (Phi) is 5.77. The van der Waals surface area contributed by atoms with E-state index in [9.17, 15) is 9.18 Å². The van der Waals surface area contributed by atoms with Crippen molar-refractivity contribution in [3.05, 3.63) is 70.3 Å². The molecule has 2 heterocycles. The minimum atomic E-state index is -0.948. The van der Waals surface area contributed by atoms with Crippen molar-refractivity contribution >= 4 is 40.5 Å². The van der Waals surface area contributed by atoms with Gasteiger partial charge in [0.25, 0.3) is 0 Å². The van der Waals surface area contributed by atoms with Gasteiger partial charge < -0.3 is 25.8 Å². The third-order valence-electron chi connectivity index (χ3n) is 5.40. The molecule has 0 spiro atoms. The van der Waals surface area contributed by atoms with Gasteiger partial charge in [-0.25, -0.2) is 4.39 Å². The second-order valence-electron chi connectivity index (χ2n) is 8.30. The van der Waals surface area contributed by atoms with E-state index in [1.54, 1.807) is 43.0 Å². The molecule has 1 unspecified atom stereocenters. The first-order chi connectivity index (χ1) is 14.6. The fourth-order valence-electron chi connectivity index (χ4n) is 3.85. The van der Waals surface area contributed by atoms with Crippen LogP contribution in [0.3, 0.4) is 0 Å². The van der Waals surface area contributed by atoms with Gasteiger partial charge in [-0.2, -0.15) is 0 Å². The zero-order valence-electron chi connectivity index (χ0n) is 17.3. The van der Waals surface area contributed by atoms with Gasteiger partial charge in [-0.1, -0.05) is 23.2 Å². The Morgan fingerprint density at radius 2 is 1.84 bits per heavy atom. The van der Waals surface area contributed by atoms with E-state index in [2.05, 4.69) is 10.2 Å². The summed E-state index contributed by atoms with van der Waals surface area (Å²) in [6.45, 7) is 5.05. The Hall–Kier alpha value is -2.48. The predicted molar refractivity (Wildman–Crippen MR) is 122 cm³/mol. The van der Waals surface area contributed by atoms with Gasteiger partial charge in [0.15, 0.2) is 0 Å². The lowest BCUT2D eigenvalue weighted by atomic mass is 10.0. The van der Waals surface area contributed by atoms with Crippen molar-refractivity contribution in [3.8, 4) is 0 Å². The van der Waals surface area contributed by atoms with E-state index in [4.69, 9.17) is 28.9 Å². The van der Waals surface area contributed by atoms with E-state index in [1.165, 1.54) is 12.1 Å². The average molecular weight is 464 g/mol. The van der Waals surface area contributed by atoms with Crippen molar-refractivity contribution in [1.82, 2.24) is 9.80 Å². The van der Waals surface area contributed by atoms with Crippen molar-refractivity contribution in [2.75, 3.05) is 29.9 Å². The standard InChI is InChI=1S/C22H24Cl2FN5O/c1-22(2,26)21(31)28-9-10-29-19(27-15-5-8-17(23)18(24)11-15)12-30(20(29)13-28)16-6-3-14(25)4-7-16/h3-8,11-12,20,27H,9-10,13,26H2,1-2H3. The van der Waals surface area contributed by atoms with E-state index in [0.717, 1.165) is 17.2 Å². The van der Waals surface area contributed by atoms with Crippen molar-refractivity contribution in [2.45, 2.75) is 25.6 Å². The highest BCUT2D eigenvalue weighted by atomic mass is 35.5. The second kappa shape index (κ2) is 8.22. The highest BCUT2D eigenvalue weighted by Gasteiger charge is 2.41. The van der Waals surface area contributed by atoms with E-state index in [0.29, 0.717) is 29.7 Å². The number of carbonyl (C=O) groups excluding carboxylic acids is 1. The fraction of sp³-hybridized carbons (Fsp3) is 0.318. The van der Waals surface area contributed by atoms with E-state index in [-0.39, 0.29) is 17.9 Å². The Balaban J connectivity index is 1.64. The quantitative estimate of drug-likeness (QED) is 0.715. The third kappa shape index (κ3) is 4.44. The molecule has 2 aromatic rings. The molecule has 164 valence electrons. The number of anilines is 2. The summed E-state index contributed by atoms with van der Waals surface area (Å²) in [5, 5.41) is 4.33. The molecule has 0 bridgehead atoms. The Morgan fingerprint density at radius 1 is 1.13 bits per heavy atom. The molecule has 0 saturated carbocycles. The lowest BCUT2D eigenvalue weighted by Gasteiger charge is -2.44. The van der Waals surface area contributed by atoms with Crippen LogP contribution in [0.4, 0.5) is 15.8 Å². The number of fused-ring (bicyclic) bond motifs is 1. The molecule has 2 aliphatic heterocycles. The zero-order valence-corrected chi connectivity index (χ0v) is 18.8. The van der Waals surface area contributed by atoms with Crippen LogP contribution >= 0.6 is 23.2 Å². The summed E-state index contributed by atoms with van der Waals surface area (Å²) in [7, 11) is 0. The molecule has 31 heavy (non-hydrogen) atoms. The molecule has 4 rings (SSSR count). The third-order valence-corrected chi connectivity index (χ3v) is 6.14. The smallest absolute Gasteiger partial charge is 0.242 e. The molecular weight excluding hydrogens is 440 g/mol. The van der Waals surface area contributed by atoms with Gasteiger partial charge in [0, 0.05) is 30.7 Å². The number of piperazine rings is 1. The molecule has 2 aromatic carbocycles. The highest BCUT2D eigenvalue weighted by Crippen LogP contribution is 2.33. The first-order valence-electron chi connectivity index (χ1n) is 9.96. The monoisotopic (exact) mass is 463 g/mol. The van der Waals surface area contributed by atoms with Crippen LogP contribution in [0.25, 0.3) is 0 Å². The van der Waals surface area contributed by atoms with Crippen LogP contribution < -0.4 is 16.0 Å². The molecule has 2 aliphatic rings. The summed E-state index contributed by atoms with van der Waals surface area (Å²) in [4.78, 5) is 18.8. The average Bonchev–Trinajstić information content (AvgIpc) is 3.07. The number of nitrogens with zero attached hydrogens (tertiary/aromatic N) is 3. The molecular formula is C22H24Cl2FN5O. The zero-order chi connectivity index (χ0) is 22.3. The Labute approximate surface area is 191 Å². The molecule has 6 nitrogen and oxygen atoms in total. The first-order valence-corrected chi connectivity index (χ1v) is 10.7. The largest absolute Gasteiger partial charge is 0.341 e. The van der Waals surface area contributed by atoms with Crippen LogP contribution in [-0.4, -0.2) is 47.0 Å². The van der Waals surface area contributed by atoms with E-state index >= 15 is 0 Å². The van der Waals surface area contributed by atoms with Crippen LogP contribution in [-0.2, 0) is 4.79 Å². The van der Waals surface area contributed by atoms with Crippen LogP contribution in [0.2, 0.25) is 10.0 Å². The minimum Gasteiger partial charge on any atom is -0.341 e. The normalized spacial score (nSPS) is 18.7. The maximum atomic E-state index is 13.5. The number of hydrogen-bond acceptors (Lipinski definition) is 5. The molecule has 0 aromatic heterocycles. The van der Waals surface area contributed by atoms with Gasteiger partial charge in [0.2, 0.25) is 5.91 Å². The van der Waals surface area contributed by atoms with E-state index in [1.807, 2.05) is 17.2 Å². The van der Waals surface area contributed by atoms with Crippen molar-refractivity contribution < 1.29 is 9.18 Å².